The highest BCUT2D eigenvalue weighted by Crippen LogP contribution is 2.34. The third-order valence-electron chi connectivity index (χ3n) is 7.07. The quantitative estimate of drug-likeness (QED) is 0.641. The van der Waals surface area contributed by atoms with Gasteiger partial charge in [0.15, 0.2) is 0 Å². The molecule has 1 saturated heterocycles. The van der Waals surface area contributed by atoms with Crippen LogP contribution in [0.15, 0.2) is 42.5 Å². The third kappa shape index (κ3) is 5.36. The summed E-state index contributed by atoms with van der Waals surface area (Å²) in [7, 11) is 1.75. The molecule has 2 aromatic carbocycles. The van der Waals surface area contributed by atoms with Crippen molar-refractivity contribution in [2.45, 2.75) is 56.9 Å². The van der Waals surface area contributed by atoms with Gasteiger partial charge in [-0.2, -0.15) is 0 Å². The first-order valence-electron chi connectivity index (χ1n) is 12.4. The van der Waals surface area contributed by atoms with Gasteiger partial charge in [-0.1, -0.05) is 18.2 Å². The van der Waals surface area contributed by atoms with Crippen molar-refractivity contribution in [1.29, 1.82) is 0 Å². The number of ether oxygens (including phenoxy) is 2. The zero-order valence-electron chi connectivity index (χ0n) is 20.2. The third-order valence-corrected chi connectivity index (χ3v) is 7.07. The molecule has 36 heavy (non-hydrogen) atoms. The molecule has 9 heteroatoms. The molecule has 190 valence electrons. The Morgan fingerprint density at radius 1 is 1.11 bits per heavy atom. The highest BCUT2D eigenvalue weighted by atomic mass is 19.1. The smallest absolute Gasteiger partial charge is 0.257 e. The highest BCUT2D eigenvalue weighted by molar-refractivity contribution is 6.00. The number of nitrogens with zero attached hydrogens (tertiary/aromatic N) is 1. The van der Waals surface area contributed by atoms with Crippen molar-refractivity contribution in [3.63, 3.8) is 0 Å². The molecule has 3 atom stereocenters. The zero-order valence-corrected chi connectivity index (χ0v) is 20.2. The number of rotatable bonds is 6. The fourth-order valence-electron chi connectivity index (χ4n) is 4.81. The molecule has 3 aliphatic rings. The van der Waals surface area contributed by atoms with Gasteiger partial charge in [-0.3, -0.25) is 14.4 Å². The molecule has 3 amide bonds. The summed E-state index contributed by atoms with van der Waals surface area (Å²) in [5.74, 6) is -0.297. The number of anilines is 1. The number of halogens is 1. The van der Waals surface area contributed by atoms with Crippen LogP contribution in [-0.4, -0.2) is 54.5 Å². The summed E-state index contributed by atoms with van der Waals surface area (Å²) in [5.41, 5.74) is 1.41. The zero-order chi connectivity index (χ0) is 25.2. The van der Waals surface area contributed by atoms with Gasteiger partial charge in [0, 0.05) is 30.8 Å². The SMILES string of the molecule is CN1C(=O)c2cc(NC(=O)C3CC3)ccc2OC[C@H]2O[C@@H](CC(=O)NCc3ccccc3F)CC[C@@H]21. The van der Waals surface area contributed by atoms with E-state index in [9.17, 15) is 18.8 Å². The Morgan fingerprint density at radius 3 is 2.69 bits per heavy atom. The fourth-order valence-corrected chi connectivity index (χ4v) is 4.81. The Bertz CT molecular complexity index is 1170. The van der Waals surface area contributed by atoms with E-state index in [1.54, 1.807) is 48.3 Å². The van der Waals surface area contributed by atoms with Crippen LogP contribution >= 0.6 is 0 Å². The summed E-state index contributed by atoms with van der Waals surface area (Å²) >= 11 is 0. The molecular weight excluding hydrogens is 465 g/mol. The lowest BCUT2D eigenvalue weighted by atomic mass is 9.94. The summed E-state index contributed by atoms with van der Waals surface area (Å²) < 4.78 is 26.0. The Labute approximate surface area is 209 Å². The van der Waals surface area contributed by atoms with Crippen molar-refractivity contribution < 1.29 is 28.2 Å². The first-order chi connectivity index (χ1) is 17.4. The summed E-state index contributed by atoms with van der Waals surface area (Å²) in [5, 5.41) is 5.64. The number of carbonyl (C=O) groups excluding carboxylic acids is 3. The van der Waals surface area contributed by atoms with Crippen LogP contribution in [0.4, 0.5) is 10.1 Å². The fraction of sp³-hybridized carbons (Fsp3) is 0.444. The van der Waals surface area contributed by atoms with E-state index in [0.717, 1.165) is 12.8 Å². The molecule has 0 unspecified atom stereocenters. The van der Waals surface area contributed by atoms with E-state index in [1.165, 1.54) is 6.07 Å². The van der Waals surface area contributed by atoms with Crippen LogP contribution in [0.3, 0.4) is 0 Å². The average Bonchev–Trinajstić information content (AvgIpc) is 3.72. The van der Waals surface area contributed by atoms with Crippen LogP contribution < -0.4 is 15.4 Å². The van der Waals surface area contributed by atoms with E-state index in [1.807, 2.05) is 0 Å². The van der Waals surface area contributed by atoms with Crippen LogP contribution in [-0.2, 0) is 20.9 Å². The van der Waals surface area contributed by atoms with Crippen molar-refractivity contribution in [2.75, 3.05) is 19.0 Å². The van der Waals surface area contributed by atoms with E-state index in [-0.39, 0.29) is 67.3 Å². The van der Waals surface area contributed by atoms with Crippen molar-refractivity contribution in [3.05, 3.63) is 59.4 Å². The van der Waals surface area contributed by atoms with E-state index < -0.39 is 0 Å². The summed E-state index contributed by atoms with van der Waals surface area (Å²) in [4.78, 5) is 39.6. The largest absolute Gasteiger partial charge is 0.490 e. The molecule has 2 aromatic rings. The molecule has 0 radical (unpaired) electrons. The maximum absolute atomic E-state index is 13.8. The molecule has 2 aliphatic heterocycles. The maximum atomic E-state index is 13.8. The number of fused-ring (bicyclic) bond motifs is 2. The summed E-state index contributed by atoms with van der Waals surface area (Å²) in [6.07, 6.45) is 2.51. The Kier molecular flexibility index (Phi) is 6.91. The second-order valence-corrected chi connectivity index (χ2v) is 9.72. The number of hydrogen-bond donors (Lipinski definition) is 2. The van der Waals surface area contributed by atoms with Gasteiger partial charge >= 0.3 is 0 Å². The van der Waals surface area contributed by atoms with Gasteiger partial charge in [0.2, 0.25) is 11.8 Å². The lowest BCUT2D eigenvalue weighted by molar-refractivity contribution is -0.134. The number of benzene rings is 2. The molecule has 2 N–H and O–H groups in total. The number of carbonyl (C=O) groups is 3. The molecular formula is C27H30FN3O5. The predicted octanol–water partition coefficient (Wildman–Crippen LogP) is 3.26. The topological polar surface area (TPSA) is 97.0 Å². The molecule has 0 aromatic heterocycles. The lowest BCUT2D eigenvalue weighted by Gasteiger charge is -2.42. The normalized spacial score (nSPS) is 23.4. The Balaban J connectivity index is 1.21. The summed E-state index contributed by atoms with van der Waals surface area (Å²) in [6, 6.07) is 11.2. The molecule has 0 bridgehead atoms. The molecule has 5 rings (SSSR count). The number of hydrogen-bond acceptors (Lipinski definition) is 5. The second-order valence-electron chi connectivity index (χ2n) is 9.72. The van der Waals surface area contributed by atoms with Crippen molar-refractivity contribution in [2.24, 2.45) is 5.92 Å². The molecule has 0 spiro atoms. The van der Waals surface area contributed by atoms with Crippen LogP contribution in [0.5, 0.6) is 5.75 Å². The van der Waals surface area contributed by atoms with E-state index >= 15 is 0 Å². The van der Waals surface area contributed by atoms with Crippen molar-refractivity contribution in [3.8, 4) is 5.75 Å². The average molecular weight is 496 g/mol. The van der Waals surface area contributed by atoms with Gasteiger partial charge in [-0.05, 0) is 49.9 Å². The van der Waals surface area contributed by atoms with Gasteiger partial charge in [0.1, 0.15) is 24.3 Å². The van der Waals surface area contributed by atoms with Gasteiger partial charge < -0.3 is 25.0 Å². The minimum Gasteiger partial charge on any atom is -0.490 e. The van der Waals surface area contributed by atoms with Crippen LogP contribution in [0.2, 0.25) is 0 Å². The number of amides is 3. The Morgan fingerprint density at radius 2 is 1.92 bits per heavy atom. The lowest BCUT2D eigenvalue weighted by Crippen LogP contribution is -2.53. The van der Waals surface area contributed by atoms with E-state index in [0.29, 0.717) is 35.4 Å². The Hall–Kier alpha value is -3.46. The number of likely N-dealkylation sites (N-methyl/N-ethyl adjacent to an activating group) is 1. The van der Waals surface area contributed by atoms with Crippen LogP contribution in [0, 0.1) is 11.7 Å². The molecule has 2 heterocycles. The first kappa shape index (κ1) is 24.2. The second kappa shape index (κ2) is 10.3. The molecule has 1 aliphatic carbocycles. The molecule has 1 saturated carbocycles. The van der Waals surface area contributed by atoms with Gasteiger partial charge in [-0.25, -0.2) is 4.39 Å². The summed E-state index contributed by atoms with van der Waals surface area (Å²) in [6.45, 7) is 0.348. The number of nitrogens with one attached hydrogen (secondary N) is 2. The molecule has 8 nitrogen and oxygen atoms in total. The molecule has 2 fully saturated rings. The van der Waals surface area contributed by atoms with Crippen molar-refractivity contribution >= 4 is 23.4 Å². The minimum atomic E-state index is -0.389. The standard InChI is InChI=1S/C27H30FN3O5/c1-31-22-10-9-19(13-25(32)29-14-17-4-2-3-5-21(17)28)36-24(22)15-35-23-11-8-18(12-20(23)27(31)34)30-26(33)16-6-7-16/h2-5,8,11-12,16,19,22,24H,6-7,9-10,13-15H2,1H3,(H,29,32)(H,30,33)/t19-,22+,24-/m1/s1. The van der Waals surface area contributed by atoms with Crippen LogP contribution in [0.1, 0.15) is 48.0 Å². The van der Waals surface area contributed by atoms with Crippen LogP contribution in [0.25, 0.3) is 0 Å². The van der Waals surface area contributed by atoms with Gasteiger partial charge in [0.05, 0.1) is 24.1 Å². The van der Waals surface area contributed by atoms with E-state index in [2.05, 4.69) is 10.6 Å². The van der Waals surface area contributed by atoms with Gasteiger partial charge in [-0.15, -0.1) is 0 Å². The first-order valence-corrected chi connectivity index (χ1v) is 12.4. The minimum absolute atomic E-state index is 0.0211. The van der Waals surface area contributed by atoms with E-state index in [4.69, 9.17) is 9.47 Å². The predicted molar refractivity (Wildman–Crippen MR) is 130 cm³/mol. The van der Waals surface area contributed by atoms with Crippen molar-refractivity contribution in [1.82, 2.24) is 10.2 Å². The highest BCUT2D eigenvalue weighted by Gasteiger charge is 2.39. The van der Waals surface area contributed by atoms with Gasteiger partial charge in [0.25, 0.3) is 5.91 Å². The maximum Gasteiger partial charge on any atom is 0.257 e. The monoisotopic (exact) mass is 495 g/mol.